The van der Waals surface area contributed by atoms with E-state index < -0.39 is 0 Å². The zero-order valence-corrected chi connectivity index (χ0v) is 10.3. The second kappa shape index (κ2) is 4.75. The molecule has 3 aromatic heterocycles. The molecule has 0 spiro atoms. The van der Waals surface area contributed by atoms with Crippen molar-refractivity contribution in [3.63, 3.8) is 0 Å². The molecule has 5 nitrogen and oxygen atoms in total. The first-order valence-electron chi connectivity index (χ1n) is 5.49. The number of pyridine rings is 2. The van der Waals surface area contributed by atoms with Crippen molar-refractivity contribution in [2.75, 3.05) is 0 Å². The first kappa shape index (κ1) is 11.2. The van der Waals surface area contributed by atoms with Crippen LogP contribution < -0.4 is 5.73 Å². The van der Waals surface area contributed by atoms with Gasteiger partial charge in [0.15, 0.2) is 5.65 Å². The second-order valence-electron chi connectivity index (χ2n) is 3.72. The predicted molar refractivity (Wildman–Crippen MR) is 69.2 cm³/mol. The molecule has 3 heterocycles. The van der Waals surface area contributed by atoms with Gasteiger partial charge in [-0.1, -0.05) is 12.1 Å². The Morgan fingerprint density at radius 3 is 2.89 bits per heavy atom. The Hall–Kier alpha value is -1.92. The lowest BCUT2D eigenvalue weighted by molar-refractivity contribution is 0.915. The van der Waals surface area contributed by atoms with Crippen LogP contribution in [0.5, 0.6) is 0 Å². The summed E-state index contributed by atoms with van der Waals surface area (Å²) in [5.41, 5.74) is 7.39. The van der Waals surface area contributed by atoms with Crippen molar-refractivity contribution in [3.05, 3.63) is 48.3 Å². The molecule has 0 aliphatic heterocycles. The van der Waals surface area contributed by atoms with Gasteiger partial charge in [-0.05, 0) is 35.5 Å². The third-order valence-corrected chi connectivity index (χ3v) is 3.42. The number of nitrogens with zero attached hydrogens (tertiary/aromatic N) is 4. The van der Waals surface area contributed by atoms with Gasteiger partial charge in [-0.2, -0.15) is 0 Å². The topological polar surface area (TPSA) is 69.1 Å². The Labute approximate surface area is 108 Å². The summed E-state index contributed by atoms with van der Waals surface area (Å²) in [6, 6.07) is 9.72. The number of fused-ring (bicyclic) bond motifs is 1. The van der Waals surface area contributed by atoms with E-state index in [-0.39, 0.29) is 0 Å². The van der Waals surface area contributed by atoms with Gasteiger partial charge in [0.25, 0.3) is 0 Å². The standard InChI is InChI=1S/C12H11N5S/c13-7-9-4-5-11(14-8-9)18-12-16-15-10-3-1-2-6-17(10)12/h1-6,8H,7,13H2. The van der Waals surface area contributed by atoms with Gasteiger partial charge in [0, 0.05) is 18.9 Å². The van der Waals surface area contributed by atoms with E-state index in [4.69, 9.17) is 5.73 Å². The number of aromatic nitrogens is 4. The Bertz CT molecular complexity index is 662. The van der Waals surface area contributed by atoms with E-state index in [2.05, 4.69) is 15.2 Å². The SMILES string of the molecule is NCc1ccc(Sc2nnc3ccccn23)nc1. The molecule has 0 radical (unpaired) electrons. The maximum Gasteiger partial charge on any atom is 0.201 e. The van der Waals surface area contributed by atoms with E-state index in [1.165, 1.54) is 11.8 Å². The maximum absolute atomic E-state index is 5.54. The van der Waals surface area contributed by atoms with Crippen LogP contribution in [-0.4, -0.2) is 19.6 Å². The van der Waals surface area contributed by atoms with Gasteiger partial charge < -0.3 is 5.73 Å². The zero-order chi connectivity index (χ0) is 12.4. The predicted octanol–water partition coefficient (Wildman–Crippen LogP) is 1.73. The number of nitrogens with two attached hydrogens (primary N) is 1. The van der Waals surface area contributed by atoms with Crippen molar-refractivity contribution in [1.82, 2.24) is 19.6 Å². The lowest BCUT2D eigenvalue weighted by atomic mass is 10.3. The van der Waals surface area contributed by atoms with Crippen molar-refractivity contribution >= 4 is 17.4 Å². The lowest BCUT2D eigenvalue weighted by Crippen LogP contribution is -1.96. The molecule has 0 bridgehead atoms. The molecule has 0 aromatic carbocycles. The number of hydrogen-bond donors (Lipinski definition) is 1. The summed E-state index contributed by atoms with van der Waals surface area (Å²) in [7, 11) is 0. The summed E-state index contributed by atoms with van der Waals surface area (Å²) in [6.45, 7) is 0.506. The molecule has 18 heavy (non-hydrogen) atoms. The molecule has 2 N–H and O–H groups in total. The van der Waals surface area contributed by atoms with E-state index >= 15 is 0 Å². The second-order valence-corrected chi connectivity index (χ2v) is 4.71. The molecule has 0 aliphatic rings. The maximum atomic E-state index is 5.54. The fourth-order valence-corrected chi connectivity index (χ4v) is 2.34. The van der Waals surface area contributed by atoms with Crippen molar-refractivity contribution in [3.8, 4) is 0 Å². The summed E-state index contributed by atoms with van der Waals surface area (Å²) < 4.78 is 1.93. The minimum atomic E-state index is 0.506. The van der Waals surface area contributed by atoms with Crippen LogP contribution in [-0.2, 0) is 6.54 Å². The molecular weight excluding hydrogens is 246 g/mol. The molecule has 0 saturated carbocycles. The van der Waals surface area contributed by atoms with Gasteiger partial charge in [0.2, 0.25) is 5.16 Å². The van der Waals surface area contributed by atoms with Gasteiger partial charge in [-0.15, -0.1) is 10.2 Å². The van der Waals surface area contributed by atoms with Crippen molar-refractivity contribution in [2.24, 2.45) is 5.73 Å². The average Bonchev–Trinajstić information content (AvgIpc) is 2.83. The summed E-state index contributed by atoms with van der Waals surface area (Å²) in [5.74, 6) is 0. The Kier molecular flexibility index (Phi) is 2.95. The van der Waals surface area contributed by atoms with Crippen LogP contribution >= 0.6 is 11.8 Å². The molecule has 0 saturated heterocycles. The lowest BCUT2D eigenvalue weighted by Gasteiger charge is -2.00. The Morgan fingerprint density at radius 1 is 1.17 bits per heavy atom. The van der Waals surface area contributed by atoms with Crippen LogP contribution in [0.15, 0.2) is 52.9 Å². The normalized spacial score (nSPS) is 10.9. The van der Waals surface area contributed by atoms with Gasteiger partial charge in [0.1, 0.15) is 5.03 Å². The van der Waals surface area contributed by atoms with Crippen LogP contribution in [0.3, 0.4) is 0 Å². The van der Waals surface area contributed by atoms with Crippen LogP contribution in [0.1, 0.15) is 5.56 Å². The first-order valence-corrected chi connectivity index (χ1v) is 6.31. The fourth-order valence-electron chi connectivity index (χ4n) is 1.57. The molecule has 0 atom stereocenters. The largest absolute Gasteiger partial charge is 0.326 e. The zero-order valence-electron chi connectivity index (χ0n) is 9.52. The molecule has 0 fully saturated rings. The molecule has 0 amide bonds. The summed E-state index contributed by atoms with van der Waals surface area (Å²) >= 11 is 1.48. The van der Waals surface area contributed by atoms with Crippen LogP contribution in [0.2, 0.25) is 0 Å². The van der Waals surface area contributed by atoms with Gasteiger partial charge in [0.05, 0.1) is 0 Å². The fraction of sp³-hybridized carbons (Fsp3) is 0.0833. The minimum absolute atomic E-state index is 0.506. The highest BCUT2D eigenvalue weighted by atomic mass is 32.2. The molecular formula is C12H11N5S. The van der Waals surface area contributed by atoms with Gasteiger partial charge in [-0.25, -0.2) is 4.98 Å². The monoisotopic (exact) mass is 257 g/mol. The summed E-state index contributed by atoms with van der Waals surface area (Å²) in [4.78, 5) is 4.33. The molecule has 90 valence electrons. The van der Waals surface area contributed by atoms with E-state index in [1.807, 2.05) is 40.9 Å². The van der Waals surface area contributed by atoms with Crippen molar-refractivity contribution in [1.29, 1.82) is 0 Å². The van der Waals surface area contributed by atoms with Crippen LogP contribution in [0, 0.1) is 0 Å². The average molecular weight is 257 g/mol. The van der Waals surface area contributed by atoms with Gasteiger partial charge >= 0.3 is 0 Å². The van der Waals surface area contributed by atoms with E-state index in [0.717, 1.165) is 21.4 Å². The Balaban J connectivity index is 1.91. The minimum Gasteiger partial charge on any atom is -0.326 e. The van der Waals surface area contributed by atoms with Crippen LogP contribution in [0.4, 0.5) is 0 Å². The van der Waals surface area contributed by atoms with Crippen LogP contribution in [0.25, 0.3) is 5.65 Å². The quantitative estimate of drug-likeness (QED) is 0.774. The molecule has 0 aliphatic carbocycles. The van der Waals surface area contributed by atoms with E-state index in [9.17, 15) is 0 Å². The smallest absolute Gasteiger partial charge is 0.201 e. The summed E-state index contributed by atoms with van der Waals surface area (Å²) in [6.07, 6.45) is 3.72. The molecule has 0 unspecified atom stereocenters. The molecule has 3 aromatic rings. The number of rotatable bonds is 3. The van der Waals surface area contributed by atoms with E-state index in [0.29, 0.717) is 6.54 Å². The highest BCUT2D eigenvalue weighted by molar-refractivity contribution is 7.99. The highest BCUT2D eigenvalue weighted by Crippen LogP contribution is 2.24. The molecule has 3 rings (SSSR count). The Morgan fingerprint density at radius 2 is 2.11 bits per heavy atom. The first-order chi connectivity index (χ1) is 8.86. The molecule has 6 heteroatoms. The highest BCUT2D eigenvalue weighted by Gasteiger charge is 2.07. The third-order valence-electron chi connectivity index (χ3n) is 2.51. The number of hydrogen-bond acceptors (Lipinski definition) is 5. The third kappa shape index (κ3) is 2.07. The van der Waals surface area contributed by atoms with Gasteiger partial charge in [-0.3, -0.25) is 4.40 Å². The van der Waals surface area contributed by atoms with Crippen molar-refractivity contribution in [2.45, 2.75) is 16.7 Å². The summed E-state index contributed by atoms with van der Waals surface area (Å²) in [5, 5.41) is 9.92. The van der Waals surface area contributed by atoms with Crippen molar-refractivity contribution < 1.29 is 0 Å². The van der Waals surface area contributed by atoms with E-state index in [1.54, 1.807) is 6.20 Å².